The Hall–Kier alpha value is -0.890. The predicted octanol–water partition coefficient (Wildman–Crippen LogP) is 4.28. The summed E-state index contributed by atoms with van der Waals surface area (Å²) in [6, 6.07) is 6.92. The van der Waals surface area contributed by atoms with Gasteiger partial charge in [-0.05, 0) is 51.5 Å². The molecule has 0 spiro atoms. The van der Waals surface area contributed by atoms with Crippen molar-refractivity contribution in [1.29, 1.82) is 0 Å². The molecule has 0 aliphatic heterocycles. The molecule has 0 fully saturated rings. The molecule has 1 heterocycles. The zero-order valence-electron chi connectivity index (χ0n) is 10.2. The van der Waals surface area contributed by atoms with E-state index in [-0.39, 0.29) is 6.04 Å². The number of nitrogens with one attached hydrogen (secondary N) is 1. The van der Waals surface area contributed by atoms with Crippen molar-refractivity contribution in [3.8, 4) is 0 Å². The highest BCUT2D eigenvalue weighted by atomic mass is 79.9. The Morgan fingerprint density at radius 1 is 1.20 bits per heavy atom. The van der Waals surface area contributed by atoms with Gasteiger partial charge in [0.05, 0.1) is 11.6 Å². The first-order chi connectivity index (χ1) is 9.41. The van der Waals surface area contributed by atoms with Gasteiger partial charge in [-0.2, -0.15) is 13.2 Å². The van der Waals surface area contributed by atoms with Crippen molar-refractivity contribution in [2.45, 2.75) is 18.6 Å². The van der Waals surface area contributed by atoms with Crippen molar-refractivity contribution in [3.63, 3.8) is 0 Å². The quantitative estimate of drug-likeness (QED) is 0.627. The van der Waals surface area contributed by atoms with Crippen molar-refractivity contribution in [3.05, 3.63) is 56.2 Å². The fourth-order valence-corrected chi connectivity index (χ4v) is 3.56. The van der Waals surface area contributed by atoms with E-state index in [1.807, 2.05) is 11.4 Å². The van der Waals surface area contributed by atoms with Crippen LogP contribution in [0.3, 0.4) is 0 Å². The van der Waals surface area contributed by atoms with Crippen LogP contribution in [0, 0.1) is 0 Å². The summed E-state index contributed by atoms with van der Waals surface area (Å²) in [6.45, 7) is 0. The SMILES string of the molecule is NNC(Cc1ccc(C(F)(F)F)cc1)c1sccc1Br. The van der Waals surface area contributed by atoms with Crippen LogP contribution in [0.4, 0.5) is 13.2 Å². The Kier molecular flexibility index (Phi) is 4.85. The number of nitrogens with two attached hydrogens (primary N) is 1. The van der Waals surface area contributed by atoms with Gasteiger partial charge in [0, 0.05) is 9.35 Å². The second kappa shape index (κ2) is 6.26. The number of hydrogen-bond acceptors (Lipinski definition) is 3. The second-order valence-electron chi connectivity index (χ2n) is 4.25. The van der Waals surface area contributed by atoms with Gasteiger partial charge in [-0.15, -0.1) is 11.3 Å². The van der Waals surface area contributed by atoms with Crippen LogP contribution in [0.5, 0.6) is 0 Å². The lowest BCUT2D eigenvalue weighted by molar-refractivity contribution is -0.137. The van der Waals surface area contributed by atoms with Gasteiger partial charge in [0.1, 0.15) is 0 Å². The summed E-state index contributed by atoms with van der Waals surface area (Å²) >= 11 is 4.96. The standard InChI is InChI=1S/C13H12BrF3N2S/c14-10-5-6-20-12(10)11(19-18)7-8-1-3-9(4-2-8)13(15,16)17/h1-6,11,19H,7,18H2. The lowest BCUT2D eigenvalue weighted by Crippen LogP contribution is -2.29. The summed E-state index contributed by atoms with van der Waals surface area (Å²) in [6.07, 6.45) is -3.78. The topological polar surface area (TPSA) is 38.0 Å². The van der Waals surface area contributed by atoms with E-state index in [9.17, 15) is 13.2 Å². The Morgan fingerprint density at radius 2 is 1.85 bits per heavy atom. The molecule has 0 bridgehead atoms. The van der Waals surface area contributed by atoms with Gasteiger partial charge < -0.3 is 0 Å². The number of alkyl halides is 3. The van der Waals surface area contributed by atoms with Crippen LogP contribution in [0.1, 0.15) is 22.0 Å². The molecule has 2 rings (SSSR count). The molecule has 0 radical (unpaired) electrons. The summed E-state index contributed by atoms with van der Waals surface area (Å²) in [5.74, 6) is 5.54. The van der Waals surface area contributed by atoms with Crippen LogP contribution in [-0.4, -0.2) is 0 Å². The summed E-state index contributed by atoms with van der Waals surface area (Å²) in [5.41, 5.74) is 2.85. The third-order valence-electron chi connectivity index (χ3n) is 2.88. The monoisotopic (exact) mass is 364 g/mol. The van der Waals surface area contributed by atoms with Crippen molar-refractivity contribution < 1.29 is 13.2 Å². The van der Waals surface area contributed by atoms with E-state index in [0.717, 1.165) is 27.0 Å². The predicted molar refractivity (Wildman–Crippen MR) is 77.2 cm³/mol. The third kappa shape index (κ3) is 3.60. The van der Waals surface area contributed by atoms with Crippen LogP contribution in [0.15, 0.2) is 40.2 Å². The van der Waals surface area contributed by atoms with E-state index in [0.29, 0.717) is 6.42 Å². The Balaban J connectivity index is 2.15. The van der Waals surface area contributed by atoms with E-state index in [1.165, 1.54) is 23.5 Å². The minimum atomic E-state index is -4.30. The molecule has 1 aromatic heterocycles. The van der Waals surface area contributed by atoms with E-state index < -0.39 is 11.7 Å². The van der Waals surface area contributed by atoms with Gasteiger partial charge in [-0.3, -0.25) is 11.3 Å². The fraction of sp³-hybridized carbons (Fsp3) is 0.231. The Bertz CT molecular complexity index is 566. The van der Waals surface area contributed by atoms with Gasteiger partial charge in [0.15, 0.2) is 0 Å². The molecule has 2 aromatic rings. The summed E-state index contributed by atoms with van der Waals surface area (Å²) < 4.78 is 38.4. The maximum absolute atomic E-state index is 12.5. The first kappa shape index (κ1) is 15.5. The zero-order valence-corrected chi connectivity index (χ0v) is 12.6. The number of hydrazine groups is 1. The summed E-state index contributed by atoms with van der Waals surface area (Å²) in [7, 11) is 0. The molecule has 1 atom stereocenters. The summed E-state index contributed by atoms with van der Waals surface area (Å²) in [5, 5.41) is 1.93. The number of rotatable bonds is 4. The van der Waals surface area contributed by atoms with Crippen LogP contribution in [-0.2, 0) is 12.6 Å². The van der Waals surface area contributed by atoms with Crippen LogP contribution in [0.2, 0.25) is 0 Å². The smallest absolute Gasteiger partial charge is 0.271 e. The molecule has 0 aliphatic rings. The van der Waals surface area contributed by atoms with Crippen LogP contribution in [0.25, 0.3) is 0 Å². The van der Waals surface area contributed by atoms with E-state index in [1.54, 1.807) is 0 Å². The van der Waals surface area contributed by atoms with Crippen molar-refractivity contribution >= 4 is 27.3 Å². The molecule has 0 amide bonds. The average Bonchev–Trinajstić information content (AvgIpc) is 2.82. The zero-order chi connectivity index (χ0) is 14.8. The van der Waals surface area contributed by atoms with E-state index in [4.69, 9.17) is 5.84 Å². The minimum absolute atomic E-state index is 0.138. The molecular formula is C13H12BrF3N2S. The van der Waals surface area contributed by atoms with Crippen molar-refractivity contribution in [2.75, 3.05) is 0 Å². The second-order valence-corrected chi connectivity index (χ2v) is 6.05. The lowest BCUT2D eigenvalue weighted by atomic mass is 10.0. The third-order valence-corrected chi connectivity index (χ3v) is 4.87. The minimum Gasteiger partial charge on any atom is -0.271 e. The van der Waals surface area contributed by atoms with Gasteiger partial charge in [-0.25, -0.2) is 0 Å². The summed E-state index contributed by atoms with van der Waals surface area (Å²) in [4.78, 5) is 1.02. The van der Waals surface area contributed by atoms with Crippen molar-refractivity contribution in [1.82, 2.24) is 5.43 Å². The molecule has 0 aliphatic carbocycles. The van der Waals surface area contributed by atoms with Gasteiger partial charge in [0.25, 0.3) is 0 Å². The number of thiophene rings is 1. The average molecular weight is 365 g/mol. The van der Waals surface area contributed by atoms with Gasteiger partial charge >= 0.3 is 6.18 Å². The highest BCUT2D eigenvalue weighted by Gasteiger charge is 2.30. The number of halogens is 4. The maximum atomic E-state index is 12.5. The number of hydrogen-bond donors (Lipinski definition) is 2. The Morgan fingerprint density at radius 3 is 2.30 bits per heavy atom. The molecule has 0 saturated carbocycles. The molecule has 20 heavy (non-hydrogen) atoms. The van der Waals surface area contributed by atoms with E-state index >= 15 is 0 Å². The normalized spacial score (nSPS) is 13.4. The van der Waals surface area contributed by atoms with Crippen LogP contribution >= 0.6 is 27.3 Å². The van der Waals surface area contributed by atoms with Crippen molar-refractivity contribution in [2.24, 2.45) is 5.84 Å². The molecule has 108 valence electrons. The molecule has 3 N–H and O–H groups in total. The maximum Gasteiger partial charge on any atom is 0.416 e. The fourth-order valence-electron chi connectivity index (χ4n) is 1.85. The first-order valence-electron chi connectivity index (χ1n) is 5.77. The molecule has 2 nitrogen and oxygen atoms in total. The molecule has 1 unspecified atom stereocenters. The van der Waals surface area contributed by atoms with Gasteiger partial charge in [-0.1, -0.05) is 12.1 Å². The highest BCUT2D eigenvalue weighted by molar-refractivity contribution is 9.10. The molecular weight excluding hydrogens is 353 g/mol. The van der Waals surface area contributed by atoms with Gasteiger partial charge in [0.2, 0.25) is 0 Å². The Labute approximate surface area is 126 Å². The lowest BCUT2D eigenvalue weighted by Gasteiger charge is -2.15. The number of benzene rings is 1. The molecule has 0 saturated heterocycles. The first-order valence-corrected chi connectivity index (χ1v) is 7.44. The largest absolute Gasteiger partial charge is 0.416 e. The van der Waals surface area contributed by atoms with E-state index in [2.05, 4.69) is 21.4 Å². The van der Waals surface area contributed by atoms with Crippen LogP contribution < -0.4 is 11.3 Å². The highest BCUT2D eigenvalue weighted by Crippen LogP contribution is 2.32. The molecule has 1 aromatic carbocycles. The molecule has 7 heteroatoms.